The number of amides is 1. The molecular weight excluding hydrogens is 216 g/mol. The summed E-state index contributed by atoms with van der Waals surface area (Å²) in [6.45, 7) is 2.01. The highest BCUT2D eigenvalue weighted by atomic mass is 32.2. The summed E-state index contributed by atoms with van der Waals surface area (Å²) in [6, 6.07) is 0. The summed E-state index contributed by atoms with van der Waals surface area (Å²) >= 11 is 3.32. The van der Waals surface area contributed by atoms with Gasteiger partial charge in [0, 0.05) is 12.4 Å². The van der Waals surface area contributed by atoms with E-state index in [2.05, 4.69) is 15.7 Å². The summed E-state index contributed by atoms with van der Waals surface area (Å²) in [7, 11) is 1.66. The third kappa shape index (κ3) is 4.11. The van der Waals surface area contributed by atoms with Gasteiger partial charge in [-0.15, -0.1) is 11.3 Å². The first-order chi connectivity index (χ1) is 6.72. The average molecular weight is 230 g/mol. The standard InChI is InChI=1S/C9H14N2OS2/c1-7-11-8(5-14-7)3-4-13-6-9(12)10-2/h5H,3-4,6H2,1-2H3,(H,10,12). The first kappa shape index (κ1) is 11.5. The summed E-state index contributed by atoms with van der Waals surface area (Å²) < 4.78 is 0. The van der Waals surface area contributed by atoms with Gasteiger partial charge in [-0.1, -0.05) is 0 Å². The fourth-order valence-corrected chi connectivity index (χ4v) is 2.41. The molecule has 0 aromatic carbocycles. The average Bonchev–Trinajstić information content (AvgIpc) is 2.58. The van der Waals surface area contributed by atoms with Gasteiger partial charge in [0.25, 0.3) is 0 Å². The molecule has 1 heterocycles. The van der Waals surface area contributed by atoms with Crippen LogP contribution in [0.25, 0.3) is 0 Å². The Hall–Kier alpha value is -0.550. The number of nitrogens with zero attached hydrogens (tertiary/aromatic N) is 1. The van der Waals surface area contributed by atoms with Crippen LogP contribution in [0.4, 0.5) is 0 Å². The zero-order chi connectivity index (χ0) is 10.4. The van der Waals surface area contributed by atoms with Crippen molar-refractivity contribution in [2.24, 2.45) is 0 Å². The van der Waals surface area contributed by atoms with Crippen molar-refractivity contribution in [1.82, 2.24) is 10.3 Å². The first-order valence-corrected chi connectivity index (χ1v) is 6.45. The number of hydrogen-bond acceptors (Lipinski definition) is 4. The van der Waals surface area contributed by atoms with Crippen LogP contribution in [0.1, 0.15) is 10.7 Å². The SMILES string of the molecule is CNC(=O)CSCCc1csc(C)n1. The van der Waals surface area contributed by atoms with E-state index in [1.165, 1.54) is 0 Å². The number of carbonyl (C=O) groups is 1. The van der Waals surface area contributed by atoms with Crippen LogP contribution in [0.15, 0.2) is 5.38 Å². The Bertz CT molecular complexity index is 299. The van der Waals surface area contributed by atoms with E-state index < -0.39 is 0 Å². The van der Waals surface area contributed by atoms with Gasteiger partial charge in [-0.2, -0.15) is 11.8 Å². The predicted octanol–water partition coefficient (Wildman–Crippen LogP) is 1.47. The van der Waals surface area contributed by atoms with Gasteiger partial charge in [-0.05, 0) is 19.1 Å². The lowest BCUT2D eigenvalue weighted by atomic mass is 10.4. The Morgan fingerprint density at radius 2 is 2.50 bits per heavy atom. The minimum Gasteiger partial charge on any atom is -0.358 e. The van der Waals surface area contributed by atoms with E-state index in [4.69, 9.17) is 0 Å². The molecule has 1 aromatic rings. The Balaban J connectivity index is 2.13. The minimum absolute atomic E-state index is 0.0875. The van der Waals surface area contributed by atoms with Gasteiger partial charge in [0.15, 0.2) is 0 Å². The van der Waals surface area contributed by atoms with Crippen LogP contribution in [0, 0.1) is 6.92 Å². The van der Waals surface area contributed by atoms with E-state index in [-0.39, 0.29) is 5.91 Å². The van der Waals surface area contributed by atoms with Crippen molar-refractivity contribution in [2.75, 3.05) is 18.6 Å². The number of thioether (sulfide) groups is 1. The second-order valence-electron chi connectivity index (χ2n) is 2.83. The van der Waals surface area contributed by atoms with Crippen molar-refractivity contribution < 1.29 is 4.79 Å². The molecule has 0 atom stereocenters. The van der Waals surface area contributed by atoms with Gasteiger partial charge in [0.1, 0.15) is 0 Å². The van der Waals surface area contributed by atoms with Gasteiger partial charge in [-0.25, -0.2) is 4.98 Å². The van der Waals surface area contributed by atoms with Crippen LogP contribution < -0.4 is 5.32 Å². The van der Waals surface area contributed by atoms with Gasteiger partial charge in [-0.3, -0.25) is 4.79 Å². The van der Waals surface area contributed by atoms with Crippen molar-refractivity contribution >= 4 is 29.0 Å². The lowest BCUT2D eigenvalue weighted by Crippen LogP contribution is -2.20. The molecule has 3 nitrogen and oxygen atoms in total. The molecule has 0 spiro atoms. The fourth-order valence-electron chi connectivity index (χ4n) is 0.937. The number of nitrogens with one attached hydrogen (secondary N) is 1. The summed E-state index contributed by atoms with van der Waals surface area (Å²) in [6.07, 6.45) is 0.950. The molecule has 0 unspecified atom stereocenters. The molecule has 1 amide bonds. The molecule has 0 aliphatic heterocycles. The maximum atomic E-state index is 10.9. The highest BCUT2D eigenvalue weighted by Gasteiger charge is 2.00. The monoisotopic (exact) mass is 230 g/mol. The first-order valence-electron chi connectivity index (χ1n) is 4.41. The summed E-state index contributed by atoms with van der Waals surface area (Å²) in [5.74, 6) is 1.58. The molecule has 0 aliphatic rings. The second kappa shape index (κ2) is 6.03. The predicted molar refractivity (Wildman–Crippen MR) is 61.9 cm³/mol. The summed E-state index contributed by atoms with van der Waals surface area (Å²) in [4.78, 5) is 15.2. The summed E-state index contributed by atoms with van der Waals surface area (Å²) in [5.41, 5.74) is 1.14. The molecule has 0 fully saturated rings. The second-order valence-corrected chi connectivity index (χ2v) is 5.00. The largest absolute Gasteiger partial charge is 0.358 e. The third-order valence-electron chi connectivity index (χ3n) is 1.68. The quantitative estimate of drug-likeness (QED) is 0.779. The Kier molecular flexibility index (Phi) is 4.97. The Morgan fingerprint density at radius 1 is 1.71 bits per heavy atom. The van der Waals surface area contributed by atoms with Gasteiger partial charge in [0.05, 0.1) is 16.5 Å². The minimum atomic E-state index is 0.0875. The van der Waals surface area contributed by atoms with Crippen molar-refractivity contribution in [2.45, 2.75) is 13.3 Å². The van der Waals surface area contributed by atoms with Crippen LogP contribution >= 0.6 is 23.1 Å². The van der Waals surface area contributed by atoms with E-state index in [9.17, 15) is 4.79 Å². The zero-order valence-corrected chi connectivity index (χ0v) is 10.0. The van der Waals surface area contributed by atoms with E-state index in [1.807, 2.05) is 6.92 Å². The van der Waals surface area contributed by atoms with E-state index >= 15 is 0 Å². The molecule has 1 N–H and O–H groups in total. The smallest absolute Gasteiger partial charge is 0.229 e. The summed E-state index contributed by atoms with van der Waals surface area (Å²) in [5, 5.41) is 5.78. The number of aryl methyl sites for hydroxylation is 2. The van der Waals surface area contributed by atoms with E-state index in [1.54, 1.807) is 30.1 Å². The zero-order valence-electron chi connectivity index (χ0n) is 8.37. The lowest BCUT2D eigenvalue weighted by molar-refractivity contribution is -0.118. The molecule has 14 heavy (non-hydrogen) atoms. The number of aromatic nitrogens is 1. The molecule has 78 valence electrons. The van der Waals surface area contributed by atoms with Crippen LogP contribution in [0.3, 0.4) is 0 Å². The van der Waals surface area contributed by atoms with Crippen LogP contribution in [0.2, 0.25) is 0 Å². The van der Waals surface area contributed by atoms with Crippen LogP contribution in [-0.4, -0.2) is 29.4 Å². The van der Waals surface area contributed by atoms with Gasteiger partial charge < -0.3 is 5.32 Å². The number of thiazole rings is 1. The highest BCUT2D eigenvalue weighted by molar-refractivity contribution is 7.99. The normalized spacial score (nSPS) is 10.1. The number of hydrogen-bond donors (Lipinski definition) is 1. The molecule has 0 saturated carbocycles. The highest BCUT2D eigenvalue weighted by Crippen LogP contribution is 2.11. The maximum absolute atomic E-state index is 10.9. The third-order valence-corrected chi connectivity index (χ3v) is 3.46. The number of carbonyl (C=O) groups excluding carboxylic acids is 1. The molecule has 0 aliphatic carbocycles. The molecule has 0 radical (unpaired) electrons. The van der Waals surface area contributed by atoms with Gasteiger partial charge in [0.2, 0.25) is 5.91 Å². The molecule has 1 rings (SSSR count). The van der Waals surface area contributed by atoms with E-state index in [0.29, 0.717) is 5.75 Å². The van der Waals surface area contributed by atoms with Crippen molar-refractivity contribution in [1.29, 1.82) is 0 Å². The Morgan fingerprint density at radius 3 is 3.07 bits per heavy atom. The molecule has 0 bridgehead atoms. The van der Waals surface area contributed by atoms with Crippen LogP contribution in [-0.2, 0) is 11.2 Å². The molecule has 1 aromatic heterocycles. The van der Waals surface area contributed by atoms with Gasteiger partial charge >= 0.3 is 0 Å². The maximum Gasteiger partial charge on any atom is 0.229 e. The van der Waals surface area contributed by atoms with Crippen molar-refractivity contribution in [3.8, 4) is 0 Å². The number of rotatable bonds is 5. The van der Waals surface area contributed by atoms with Crippen LogP contribution in [0.5, 0.6) is 0 Å². The lowest BCUT2D eigenvalue weighted by Gasteiger charge is -1.98. The molecular formula is C9H14N2OS2. The Labute approximate surface area is 92.3 Å². The fraction of sp³-hybridized carbons (Fsp3) is 0.556. The topological polar surface area (TPSA) is 42.0 Å². The van der Waals surface area contributed by atoms with E-state index in [0.717, 1.165) is 22.9 Å². The molecule has 0 saturated heterocycles. The van der Waals surface area contributed by atoms with Crippen molar-refractivity contribution in [3.63, 3.8) is 0 Å². The van der Waals surface area contributed by atoms with Crippen molar-refractivity contribution in [3.05, 3.63) is 16.1 Å². The molecule has 5 heteroatoms.